The van der Waals surface area contributed by atoms with E-state index in [2.05, 4.69) is 0 Å². The number of carbonyl (C=O) groups is 2. The van der Waals surface area contributed by atoms with Crippen LogP contribution in [0.4, 0.5) is 4.79 Å². The molecular weight excluding hydrogens is 484 g/mol. The lowest BCUT2D eigenvalue weighted by Crippen LogP contribution is -2.44. The molecule has 204 valence electrons. The lowest BCUT2D eigenvalue weighted by atomic mass is 9.92. The van der Waals surface area contributed by atoms with Gasteiger partial charge in [0.15, 0.2) is 0 Å². The normalized spacial score (nSPS) is 15.8. The maximum atomic E-state index is 14.2. The van der Waals surface area contributed by atoms with Crippen LogP contribution in [0.25, 0.3) is 5.57 Å². The number of hydrogen-bond acceptors (Lipinski definition) is 6. The summed E-state index contributed by atoms with van der Waals surface area (Å²) in [6.07, 6.45) is 2.05. The smallest absolute Gasteiger partial charge is 0.410 e. The average Bonchev–Trinajstić information content (AvgIpc) is 3.75. The Kier molecular flexibility index (Phi) is 8.62. The van der Waals surface area contributed by atoms with Crippen molar-refractivity contribution >= 4 is 17.6 Å². The van der Waals surface area contributed by atoms with Crippen LogP contribution in [0, 0.1) is 0 Å². The van der Waals surface area contributed by atoms with Crippen LogP contribution in [0.1, 0.15) is 51.2 Å². The fourth-order valence-electron chi connectivity index (χ4n) is 4.57. The SMILES string of the molecule is COc1cccc(CN(C(=O)C2=C(c3ccc(OCCO)cc3)CCN(C(=O)OC(C)(C)C)C2)C2CC2)c1. The van der Waals surface area contributed by atoms with Crippen molar-refractivity contribution in [1.82, 2.24) is 9.80 Å². The highest BCUT2D eigenvalue weighted by molar-refractivity contribution is 6.03. The molecule has 0 aromatic heterocycles. The van der Waals surface area contributed by atoms with Crippen LogP contribution in [0.2, 0.25) is 0 Å². The first-order chi connectivity index (χ1) is 18.2. The minimum atomic E-state index is -0.623. The molecule has 0 unspecified atom stereocenters. The molecule has 1 N–H and O–H groups in total. The summed E-state index contributed by atoms with van der Waals surface area (Å²) in [5.74, 6) is 1.35. The largest absolute Gasteiger partial charge is 0.497 e. The number of ether oxygens (including phenoxy) is 3. The van der Waals surface area contributed by atoms with E-state index in [1.54, 1.807) is 12.0 Å². The molecule has 1 fully saturated rings. The maximum absolute atomic E-state index is 14.2. The molecular formula is C30H38N2O6. The van der Waals surface area contributed by atoms with Crippen LogP contribution >= 0.6 is 0 Å². The Labute approximate surface area is 224 Å². The Morgan fingerprint density at radius 3 is 2.45 bits per heavy atom. The molecule has 0 radical (unpaired) electrons. The molecule has 38 heavy (non-hydrogen) atoms. The van der Waals surface area contributed by atoms with Gasteiger partial charge in [-0.2, -0.15) is 0 Å². The molecule has 1 saturated carbocycles. The van der Waals surface area contributed by atoms with E-state index >= 15 is 0 Å². The molecule has 2 aromatic carbocycles. The molecule has 8 heteroatoms. The van der Waals surface area contributed by atoms with E-state index in [1.165, 1.54) is 0 Å². The van der Waals surface area contributed by atoms with Gasteiger partial charge in [-0.3, -0.25) is 4.79 Å². The van der Waals surface area contributed by atoms with E-state index in [-0.39, 0.29) is 31.7 Å². The third-order valence-corrected chi connectivity index (χ3v) is 6.55. The van der Waals surface area contributed by atoms with Crippen molar-refractivity contribution in [2.75, 3.05) is 33.4 Å². The third-order valence-electron chi connectivity index (χ3n) is 6.55. The van der Waals surface area contributed by atoms with Gasteiger partial charge in [-0.25, -0.2) is 4.79 Å². The average molecular weight is 523 g/mol. The van der Waals surface area contributed by atoms with Crippen molar-refractivity contribution in [3.05, 3.63) is 65.2 Å². The number of aliphatic hydroxyl groups excluding tert-OH is 1. The maximum Gasteiger partial charge on any atom is 0.410 e. The summed E-state index contributed by atoms with van der Waals surface area (Å²) in [5, 5.41) is 9.03. The van der Waals surface area contributed by atoms with Gasteiger partial charge in [0.25, 0.3) is 5.91 Å². The van der Waals surface area contributed by atoms with E-state index in [0.717, 1.165) is 35.3 Å². The minimum Gasteiger partial charge on any atom is -0.497 e. The van der Waals surface area contributed by atoms with Gasteiger partial charge in [-0.1, -0.05) is 24.3 Å². The molecule has 0 saturated heterocycles. The van der Waals surface area contributed by atoms with Crippen LogP contribution in [0.15, 0.2) is 54.1 Å². The van der Waals surface area contributed by atoms with Gasteiger partial charge in [0.05, 0.1) is 20.3 Å². The number of methoxy groups -OCH3 is 1. The molecule has 0 bridgehead atoms. The van der Waals surface area contributed by atoms with E-state index in [9.17, 15) is 9.59 Å². The molecule has 2 aromatic rings. The number of rotatable bonds is 9. The Morgan fingerprint density at radius 1 is 1.08 bits per heavy atom. The second-order valence-corrected chi connectivity index (χ2v) is 10.7. The van der Waals surface area contributed by atoms with Crippen molar-refractivity contribution < 1.29 is 28.9 Å². The summed E-state index contributed by atoms with van der Waals surface area (Å²) in [6, 6.07) is 15.5. The number of hydrogen-bond donors (Lipinski definition) is 1. The second kappa shape index (κ2) is 11.9. The van der Waals surface area contributed by atoms with Crippen LogP contribution < -0.4 is 9.47 Å². The van der Waals surface area contributed by atoms with Crippen molar-refractivity contribution in [2.45, 2.75) is 58.2 Å². The fourth-order valence-corrected chi connectivity index (χ4v) is 4.57. The molecule has 2 aliphatic rings. The monoisotopic (exact) mass is 522 g/mol. The van der Waals surface area contributed by atoms with Crippen LogP contribution in [-0.2, 0) is 16.1 Å². The quantitative estimate of drug-likeness (QED) is 0.516. The van der Waals surface area contributed by atoms with Crippen molar-refractivity contribution in [3.63, 3.8) is 0 Å². The topological polar surface area (TPSA) is 88.5 Å². The van der Waals surface area contributed by atoms with Crippen LogP contribution in [-0.4, -0.2) is 72.0 Å². The van der Waals surface area contributed by atoms with Gasteiger partial charge in [0.1, 0.15) is 23.7 Å². The molecule has 2 amide bonds. The highest BCUT2D eigenvalue weighted by Gasteiger charge is 2.37. The number of aliphatic hydroxyl groups is 1. The van der Waals surface area contributed by atoms with E-state index in [4.69, 9.17) is 19.3 Å². The number of nitrogens with zero attached hydrogens (tertiary/aromatic N) is 2. The summed E-state index contributed by atoms with van der Waals surface area (Å²) in [6.45, 7) is 6.80. The third kappa shape index (κ3) is 7.07. The van der Waals surface area contributed by atoms with E-state index in [0.29, 0.717) is 30.8 Å². The second-order valence-electron chi connectivity index (χ2n) is 10.7. The highest BCUT2D eigenvalue weighted by atomic mass is 16.6. The Hall–Kier alpha value is -3.52. The summed E-state index contributed by atoms with van der Waals surface area (Å²) < 4.78 is 16.5. The van der Waals surface area contributed by atoms with Crippen molar-refractivity contribution in [2.24, 2.45) is 0 Å². The van der Waals surface area contributed by atoms with Gasteiger partial charge in [0.2, 0.25) is 0 Å². The number of benzene rings is 2. The van der Waals surface area contributed by atoms with E-state index < -0.39 is 11.7 Å². The zero-order valence-corrected chi connectivity index (χ0v) is 22.7. The van der Waals surface area contributed by atoms with Gasteiger partial charge < -0.3 is 29.1 Å². The van der Waals surface area contributed by atoms with Crippen LogP contribution in [0.5, 0.6) is 11.5 Å². The first-order valence-electron chi connectivity index (χ1n) is 13.2. The van der Waals surface area contributed by atoms with Crippen LogP contribution in [0.3, 0.4) is 0 Å². The Balaban J connectivity index is 1.66. The van der Waals surface area contributed by atoms with Gasteiger partial charge in [-0.15, -0.1) is 0 Å². The number of amides is 2. The summed E-state index contributed by atoms with van der Waals surface area (Å²) >= 11 is 0. The molecule has 1 aliphatic carbocycles. The molecule has 0 atom stereocenters. The fraction of sp³-hybridized carbons (Fsp3) is 0.467. The van der Waals surface area contributed by atoms with Crippen molar-refractivity contribution in [3.8, 4) is 11.5 Å². The van der Waals surface area contributed by atoms with Gasteiger partial charge >= 0.3 is 6.09 Å². The predicted octanol–water partition coefficient (Wildman–Crippen LogP) is 4.65. The summed E-state index contributed by atoms with van der Waals surface area (Å²) in [7, 11) is 1.63. The molecule has 4 rings (SSSR count). The first kappa shape index (κ1) is 27.5. The van der Waals surface area contributed by atoms with E-state index in [1.807, 2.05) is 74.2 Å². The molecule has 1 aliphatic heterocycles. The lowest BCUT2D eigenvalue weighted by molar-refractivity contribution is -0.128. The molecule has 1 heterocycles. The molecule has 8 nitrogen and oxygen atoms in total. The van der Waals surface area contributed by atoms with Gasteiger partial charge in [0, 0.05) is 24.7 Å². The summed E-state index contributed by atoms with van der Waals surface area (Å²) in [5.41, 5.74) is 2.84. The first-order valence-corrected chi connectivity index (χ1v) is 13.2. The minimum absolute atomic E-state index is 0.0563. The Bertz CT molecular complexity index is 1160. The standard InChI is InChI=1S/C30H38N2O6/c1-30(2,3)38-29(35)31-15-14-26(22-8-12-24(13-9-22)37-17-16-33)27(20-31)28(34)32(23-10-11-23)19-21-6-5-7-25(18-21)36-4/h5-9,12-13,18,23,33H,10-11,14-17,19-20H2,1-4H3. The highest BCUT2D eigenvalue weighted by Crippen LogP contribution is 2.35. The van der Waals surface area contributed by atoms with Gasteiger partial charge in [-0.05, 0) is 81.0 Å². The Morgan fingerprint density at radius 2 is 1.82 bits per heavy atom. The zero-order chi connectivity index (χ0) is 27.3. The lowest BCUT2D eigenvalue weighted by Gasteiger charge is -2.34. The number of carbonyl (C=O) groups excluding carboxylic acids is 2. The predicted molar refractivity (Wildman–Crippen MR) is 145 cm³/mol. The zero-order valence-electron chi connectivity index (χ0n) is 22.7. The van der Waals surface area contributed by atoms with Crippen molar-refractivity contribution in [1.29, 1.82) is 0 Å². The molecule has 0 spiro atoms. The summed E-state index contributed by atoms with van der Waals surface area (Å²) in [4.78, 5) is 30.7.